The molecule has 0 aliphatic carbocycles. The third kappa shape index (κ3) is 5.13. The maximum absolute atomic E-state index is 11.9. The van der Waals surface area contributed by atoms with Gasteiger partial charge in [0.05, 0.1) is 18.1 Å². The monoisotopic (exact) mass is 259 g/mol. The molecule has 0 radical (unpaired) electrons. The maximum atomic E-state index is 11.9. The Kier molecular flexibility index (Phi) is 5.11. The summed E-state index contributed by atoms with van der Waals surface area (Å²) in [6, 6.07) is 9.55. The summed E-state index contributed by atoms with van der Waals surface area (Å²) >= 11 is 0. The molecule has 0 saturated heterocycles. The largest absolute Gasteiger partial charge is 0.460 e. The molecule has 0 aliphatic heterocycles. The second kappa shape index (κ2) is 6.38. The van der Waals surface area contributed by atoms with Crippen LogP contribution < -0.4 is 0 Å². The second-order valence-electron chi connectivity index (χ2n) is 5.63. The van der Waals surface area contributed by atoms with Crippen LogP contribution in [0.15, 0.2) is 24.3 Å². The van der Waals surface area contributed by atoms with Crippen molar-refractivity contribution in [3.63, 3.8) is 0 Å². The van der Waals surface area contributed by atoms with E-state index in [4.69, 9.17) is 10.00 Å². The van der Waals surface area contributed by atoms with Crippen molar-refractivity contribution in [3.05, 3.63) is 35.4 Å². The van der Waals surface area contributed by atoms with Gasteiger partial charge in [0.25, 0.3) is 0 Å². The Morgan fingerprint density at radius 1 is 1.42 bits per heavy atom. The van der Waals surface area contributed by atoms with Gasteiger partial charge in [0.1, 0.15) is 5.60 Å². The summed E-state index contributed by atoms with van der Waals surface area (Å²) in [5.41, 5.74) is 1.19. The molecule has 0 heterocycles. The molecule has 1 rings (SSSR count). The van der Waals surface area contributed by atoms with Crippen molar-refractivity contribution in [1.82, 2.24) is 0 Å². The topological polar surface area (TPSA) is 50.1 Å². The fraction of sp³-hybridized carbons (Fsp3) is 0.500. The zero-order valence-corrected chi connectivity index (χ0v) is 12.1. The molecule has 1 aromatic rings. The summed E-state index contributed by atoms with van der Waals surface area (Å²) in [4.78, 5) is 11.9. The van der Waals surface area contributed by atoms with Gasteiger partial charge >= 0.3 is 5.97 Å². The molecule has 0 bridgehead atoms. The van der Waals surface area contributed by atoms with Gasteiger partial charge in [-0.1, -0.05) is 19.1 Å². The van der Waals surface area contributed by atoms with E-state index in [9.17, 15) is 4.79 Å². The number of rotatable bonds is 4. The van der Waals surface area contributed by atoms with Crippen molar-refractivity contribution in [1.29, 1.82) is 5.26 Å². The molecule has 1 atom stereocenters. The van der Waals surface area contributed by atoms with Crippen molar-refractivity contribution < 1.29 is 9.53 Å². The number of nitrogens with zero attached hydrogens (tertiary/aromatic N) is 1. The average molecular weight is 259 g/mol. The first-order valence-electron chi connectivity index (χ1n) is 6.57. The SMILES string of the molecule is CCC(CC(=O)OC(C)(C)C)c1cccc(C#N)c1. The van der Waals surface area contributed by atoms with Crippen molar-refractivity contribution in [2.75, 3.05) is 0 Å². The minimum Gasteiger partial charge on any atom is -0.460 e. The standard InChI is InChI=1S/C16H21NO2/c1-5-13(10-15(18)19-16(2,3)4)14-8-6-7-12(9-14)11-17/h6-9,13H,5,10H2,1-4H3. The molecule has 0 spiro atoms. The highest BCUT2D eigenvalue weighted by atomic mass is 16.6. The third-order valence-electron chi connectivity index (χ3n) is 2.81. The Hall–Kier alpha value is -1.82. The molecule has 0 amide bonds. The van der Waals surface area contributed by atoms with E-state index < -0.39 is 5.60 Å². The van der Waals surface area contributed by atoms with Gasteiger partial charge in [0, 0.05) is 0 Å². The van der Waals surface area contributed by atoms with Crippen LogP contribution in [0.5, 0.6) is 0 Å². The Morgan fingerprint density at radius 2 is 2.11 bits per heavy atom. The van der Waals surface area contributed by atoms with Gasteiger partial charge in [-0.05, 0) is 50.8 Å². The Morgan fingerprint density at radius 3 is 2.63 bits per heavy atom. The van der Waals surface area contributed by atoms with E-state index in [2.05, 4.69) is 6.07 Å². The molecule has 0 saturated carbocycles. The van der Waals surface area contributed by atoms with Gasteiger partial charge in [-0.3, -0.25) is 4.79 Å². The van der Waals surface area contributed by atoms with E-state index in [0.717, 1.165) is 12.0 Å². The summed E-state index contributed by atoms with van der Waals surface area (Å²) in [6.07, 6.45) is 1.19. The Bertz CT molecular complexity index is 480. The smallest absolute Gasteiger partial charge is 0.306 e. The molecule has 0 aliphatic rings. The normalized spacial score (nSPS) is 12.6. The van der Waals surface area contributed by atoms with Crippen LogP contribution in [0.4, 0.5) is 0 Å². The molecule has 1 unspecified atom stereocenters. The molecule has 0 aromatic heterocycles. The predicted molar refractivity (Wildman–Crippen MR) is 74.7 cm³/mol. The van der Waals surface area contributed by atoms with Crippen LogP contribution in [0, 0.1) is 11.3 Å². The van der Waals surface area contributed by atoms with E-state index in [0.29, 0.717) is 12.0 Å². The van der Waals surface area contributed by atoms with Crippen LogP contribution in [0.3, 0.4) is 0 Å². The summed E-state index contributed by atoms with van der Waals surface area (Å²) in [6.45, 7) is 7.63. The van der Waals surface area contributed by atoms with Crippen LogP contribution in [0.2, 0.25) is 0 Å². The third-order valence-corrected chi connectivity index (χ3v) is 2.81. The predicted octanol–water partition coefficient (Wildman–Crippen LogP) is 3.78. The Balaban J connectivity index is 2.78. The van der Waals surface area contributed by atoms with Crippen LogP contribution in [0.25, 0.3) is 0 Å². The first kappa shape index (κ1) is 15.2. The summed E-state index contributed by atoms with van der Waals surface area (Å²) < 4.78 is 5.34. The van der Waals surface area contributed by atoms with Gasteiger partial charge < -0.3 is 4.74 Å². The molecule has 0 fully saturated rings. The minimum absolute atomic E-state index is 0.100. The fourth-order valence-electron chi connectivity index (χ4n) is 1.94. The van der Waals surface area contributed by atoms with Gasteiger partial charge in [-0.25, -0.2) is 0 Å². The van der Waals surface area contributed by atoms with Crippen molar-refractivity contribution in [2.24, 2.45) is 0 Å². The minimum atomic E-state index is -0.454. The zero-order chi connectivity index (χ0) is 14.5. The molecule has 3 heteroatoms. The molecule has 0 N–H and O–H groups in total. The number of carbonyl (C=O) groups excluding carboxylic acids is 1. The first-order chi connectivity index (χ1) is 8.85. The summed E-state index contributed by atoms with van der Waals surface area (Å²) in [5.74, 6) is -0.0927. The number of esters is 1. The summed E-state index contributed by atoms with van der Waals surface area (Å²) in [5, 5.41) is 8.91. The molecule has 19 heavy (non-hydrogen) atoms. The number of benzene rings is 1. The second-order valence-corrected chi connectivity index (χ2v) is 5.63. The van der Waals surface area contributed by atoms with Crippen LogP contribution in [-0.2, 0) is 9.53 Å². The lowest BCUT2D eigenvalue weighted by atomic mass is 9.92. The van der Waals surface area contributed by atoms with E-state index in [1.807, 2.05) is 45.9 Å². The van der Waals surface area contributed by atoms with E-state index in [1.54, 1.807) is 6.07 Å². The number of nitriles is 1. The maximum Gasteiger partial charge on any atom is 0.306 e. The van der Waals surface area contributed by atoms with Crippen molar-refractivity contribution >= 4 is 5.97 Å². The van der Waals surface area contributed by atoms with Crippen molar-refractivity contribution in [3.8, 4) is 6.07 Å². The number of ether oxygens (including phenoxy) is 1. The van der Waals surface area contributed by atoms with Gasteiger partial charge in [0.15, 0.2) is 0 Å². The number of hydrogen-bond donors (Lipinski definition) is 0. The van der Waals surface area contributed by atoms with E-state index >= 15 is 0 Å². The van der Waals surface area contributed by atoms with E-state index in [1.165, 1.54) is 0 Å². The van der Waals surface area contributed by atoms with Crippen LogP contribution in [-0.4, -0.2) is 11.6 Å². The lowest BCUT2D eigenvalue weighted by Crippen LogP contribution is -2.24. The van der Waals surface area contributed by atoms with Gasteiger partial charge in [-0.2, -0.15) is 5.26 Å². The first-order valence-corrected chi connectivity index (χ1v) is 6.57. The zero-order valence-electron chi connectivity index (χ0n) is 12.1. The molecule has 102 valence electrons. The highest BCUT2D eigenvalue weighted by molar-refractivity contribution is 5.71. The van der Waals surface area contributed by atoms with Gasteiger partial charge in [0.2, 0.25) is 0 Å². The fourth-order valence-corrected chi connectivity index (χ4v) is 1.94. The molecular formula is C16H21NO2. The summed E-state index contributed by atoms with van der Waals surface area (Å²) in [7, 11) is 0. The lowest BCUT2D eigenvalue weighted by molar-refractivity contribution is -0.155. The molecular weight excluding hydrogens is 238 g/mol. The quantitative estimate of drug-likeness (QED) is 0.773. The van der Waals surface area contributed by atoms with Gasteiger partial charge in [-0.15, -0.1) is 0 Å². The van der Waals surface area contributed by atoms with Crippen LogP contribution in [0.1, 0.15) is 57.6 Å². The average Bonchev–Trinajstić information content (AvgIpc) is 2.34. The number of carbonyl (C=O) groups is 1. The highest BCUT2D eigenvalue weighted by Crippen LogP contribution is 2.25. The molecule has 3 nitrogen and oxygen atoms in total. The Labute approximate surface area is 115 Å². The molecule has 1 aromatic carbocycles. The lowest BCUT2D eigenvalue weighted by Gasteiger charge is -2.22. The highest BCUT2D eigenvalue weighted by Gasteiger charge is 2.20. The van der Waals surface area contributed by atoms with E-state index in [-0.39, 0.29) is 11.9 Å². The van der Waals surface area contributed by atoms with Crippen LogP contribution >= 0.6 is 0 Å². The van der Waals surface area contributed by atoms with Crippen molar-refractivity contribution in [2.45, 2.75) is 52.1 Å². The number of hydrogen-bond acceptors (Lipinski definition) is 3.